The fourth-order valence-electron chi connectivity index (χ4n) is 4.45. The zero-order valence-electron chi connectivity index (χ0n) is 19.3. The summed E-state index contributed by atoms with van der Waals surface area (Å²) < 4.78 is 5.18. The quantitative estimate of drug-likeness (QED) is 0.524. The molecule has 2 aliphatic heterocycles. The summed E-state index contributed by atoms with van der Waals surface area (Å²) >= 11 is 0. The Morgan fingerprint density at radius 3 is 2.31 bits per heavy atom. The fourth-order valence-corrected chi connectivity index (χ4v) is 4.45. The third-order valence-corrected chi connectivity index (χ3v) is 6.38. The molecule has 0 saturated carbocycles. The molecule has 1 aromatic carbocycles. The second-order valence-electron chi connectivity index (χ2n) is 8.92. The van der Waals surface area contributed by atoms with E-state index in [1.807, 2.05) is 20.0 Å². The van der Waals surface area contributed by atoms with Crippen LogP contribution in [0.15, 0.2) is 39.8 Å². The van der Waals surface area contributed by atoms with E-state index in [1.165, 1.54) is 11.1 Å². The van der Waals surface area contributed by atoms with Crippen molar-refractivity contribution in [1.29, 1.82) is 0 Å². The summed E-state index contributed by atoms with van der Waals surface area (Å²) in [6.07, 6.45) is 1.65. The number of piperidine rings is 1. The Balaban J connectivity index is 1.20. The van der Waals surface area contributed by atoms with Crippen molar-refractivity contribution in [3.63, 3.8) is 0 Å². The Morgan fingerprint density at radius 1 is 1.03 bits per heavy atom. The Morgan fingerprint density at radius 2 is 1.69 bits per heavy atom. The van der Waals surface area contributed by atoms with Crippen molar-refractivity contribution in [2.75, 3.05) is 46.3 Å². The van der Waals surface area contributed by atoms with Crippen molar-refractivity contribution in [3.8, 4) is 0 Å². The van der Waals surface area contributed by atoms with E-state index in [9.17, 15) is 5.11 Å². The summed E-state index contributed by atoms with van der Waals surface area (Å²) in [5.74, 6) is 1.82. The van der Waals surface area contributed by atoms with E-state index in [-0.39, 0.29) is 6.10 Å². The van der Waals surface area contributed by atoms with E-state index in [1.54, 1.807) is 0 Å². The third kappa shape index (κ3) is 6.31. The standard InChI is InChI=1S/C24H36N6O2/c1-19-15-22(27-32-19)18-29-11-13-30(14-12-29)24(25-2)26-16-20-3-5-21(6-4-20)17-28-9-7-23(31)8-10-28/h3-6,15,23,31H,7-14,16-18H2,1-2H3,(H,25,26). The van der Waals surface area contributed by atoms with Gasteiger partial charge in [0, 0.05) is 72.0 Å². The van der Waals surface area contributed by atoms with Gasteiger partial charge in [-0.2, -0.15) is 0 Å². The Hall–Kier alpha value is -2.42. The van der Waals surface area contributed by atoms with Crippen LogP contribution in [0.2, 0.25) is 0 Å². The fraction of sp³-hybridized carbons (Fsp3) is 0.583. The average Bonchev–Trinajstić information content (AvgIpc) is 3.22. The molecule has 0 aliphatic carbocycles. The van der Waals surface area contributed by atoms with Crippen molar-refractivity contribution in [2.45, 2.75) is 45.5 Å². The Kier molecular flexibility index (Phi) is 7.78. The van der Waals surface area contributed by atoms with Crippen molar-refractivity contribution >= 4 is 5.96 Å². The van der Waals surface area contributed by atoms with Crippen molar-refractivity contribution in [3.05, 3.63) is 52.9 Å². The number of aliphatic hydroxyl groups excluding tert-OH is 1. The molecule has 1 aromatic heterocycles. The molecule has 0 radical (unpaired) electrons. The zero-order chi connectivity index (χ0) is 22.3. The lowest BCUT2D eigenvalue weighted by Gasteiger charge is -2.36. The number of benzene rings is 1. The molecule has 0 unspecified atom stereocenters. The van der Waals surface area contributed by atoms with Crippen LogP contribution in [-0.4, -0.2) is 83.3 Å². The highest BCUT2D eigenvalue weighted by molar-refractivity contribution is 5.80. The van der Waals surface area contributed by atoms with Gasteiger partial charge in [0.25, 0.3) is 0 Å². The van der Waals surface area contributed by atoms with Gasteiger partial charge in [-0.05, 0) is 30.9 Å². The Labute approximate surface area is 190 Å². The number of rotatable bonds is 6. The maximum absolute atomic E-state index is 9.67. The minimum absolute atomic E-state index is 0.116. The molecule has 4 rings (SSSR count). The highest BCUT2D eigenvalue weighted by Gasteiger charge is 2.20. The normalized spacial score (nSPS) is 19.5. The molecule has 2 aliphatic rings. The summed E-state index contributed by atoms with van der Waals surface area (Å²) in [5.41, 5.74) is 3.58. The van der Waals surface area contributed by atoms with Gasteiger partial charge in [-0.1, -0.05) is 29.4 Å². The van der Waals surface area contributed by atoms with Crippen LogP contribution in [0.5, 0.6) is 0 Å². The average molecular weight is 441 g/mol. The van der Waals surface area contributed by atoms with Crippen LogP contribution in [0.3, 0.4) is 0 Å². The molecule has 8 heteroatoms. The molecule has 2 saturated heterocycles. The number of aromatic nitrogens is 1. The molecule has 0 spiro atoms. The first-order valence-corrected chi connectivity index (χ1v) is 11.7. The minimum atomic E-state index is -0.116. The molecule has 174 valence electrons. The monoisotopic (exact) mass is 440 g/mol. The summed E-state index contributed by atoms with van der Waals surface area (Å²) in [4.78, 5) is 11.6. The molecule has 2 N–H and O–H groups in total. The number of aryl methyl sites for hydroxylation is 1. The second-order valence-corrected chi connectivity index (χ2v) is 8.92. The van der Waals surface area contributed by atoms with Crippen LogP contribution in [-0.2, 0) is 19.6 Å². The van der Waals surface area contributed by atoms with Crippen LogP contribution in [0.25, 0.3) is 0 Å². The number of piperazine rings is 1. The second kappa shape index (κ2) is 10.9. The van der Waals surface area contributed by atoms with Crippen LogP contribution in [0.4, 0.5) is 0 Å². The topological polar surface area (TPSA) is 80.4 Å². The minimum Gasteiger partial charge on any atom is -0.393 e. The molecule has 3 heterocycles. The molecule has 2 fully saturated rings. The van der Waals surface area contributed by atoms with Crippen molar-refractivity contribution < 1.29 is 9.63 Å². The maximum atomic E-state index is 9.67. The predicted molar refractivity (Wildman–Crippen MR) is 125 cm³/mol. The van der Waals surface area contributed by atoms with Crippen LogP contribution < -0.4 is 5.32 Å². The van der Waals surface area contributed by atoms with E-state index < -0.39 is 0 Å². The third-order valence-electron chi connectivity index (χ3n) is 6.38. The predicted octanol–water partition coefficient (Wildman–Crippen LogP) is 1.83. The molecule has 2 aromatic rings. The van der Waals surface area contributed by atoms with Crippen molar-refractivity contribution in [1.82, 2.24) is 25.2 Å². The number of nitrogens with zero attached hydrogens (tertiary/aromatic N) is 5. The highest BCUT2D eigenvalue weighted by Crippen LogP contribution is 2.14. The SMILES string of the molecule is CN=C(NCc1ccc(CN2CCC(O)CC2)cc1)N1CCN(Cc2cc(C)on2)CC1. The van der Waals surface area contributed by atoms with E-state index in [0.29, 0.717) is 0 Å². The number of guanidine groups is 1. The first kappa shape index (κ1) is 22.8. The maximum Gasteiger partial charge on any atom is 0.194 e. The van der Waals surface area contributed by atoms with E-state index in [4.69, 9.17) is 4.52 Å². The Bertz CT molecular complexity index is 865. The summed E-state index contributed by atoms with van der Waals surface area (Å²) in [5, 5.41) is 17.3. The van der Waals surface area contributed by atoms with Crippen LogP contribution >= 0.6 is 0 Å². The van der Waals surface area contributed by atoms with Gasteiger partial charge in [0.05, 0.1) is 11.8 Å². The van der Waals surface area contributed by atoms with E-state index >= 15 is 0 Å². The number of aliphatic imine (C=N–C) groups is 1. The summed E-state index contributed by atoms with van der Waals surface area (Å²) in [6.45, 7) is 10.3. The molecule has 8 nitrogen and oxygen atoms in total. The van der Waals surface area contributed by atoms with Gasteiger partial charge in [-0.25, -0.2) is 0 Å². The first-order valence-electron chi connectivity index (χ1n) is 11.7. The molecular weight excluding hydrogens is 404 g/mol. The van der Waals surface area contributed by atoms with Gasteiger partial charge in [-0.15, -0.1) is 0 Å². The van der Waals surface area contributed by atoms with Gasteiger partial charge in [0.1, 0.15) is 5.76 Å². The van der Waals surface area contributed by atoms with Gasteiger partial charge >= 0.3 is 0 Å². The lowest BCUT2D eigenvalue weighted by molar-refractivity contribution is 0.0792. The number of likely N-dealkylation sites (tertiary alicyclic amines) is 1. The van der Waals surface area contributed by atoms with Gasteiger partial charge in [0.15, 0.2) is 5.96 Å². The molecular formula is C24H36N6O2. The largest absolute Gasteiger partial charge is 0.393 e. The lowest BCUT2D eigenvalue weighted by Crippen LogP contribution is -2.52. The van der Waals surface area contributed by atoms with E-state index in [0.717, 1.165) is 89.2 Å². The smallest absolute Gasteiger partial charge is 0.194 e. The van der Waals surface area contributed by atoms with Crippen LogP contribution in [0, 0.1) is 6.92 Å². The number of hydrogen-bond acceptors (Lipinski definition) is 6. The van der Waals surface area contributed by atoms with Gasteiger partial charge < -0.3 is 19.8 Å². The van der Waals surface area contributed by atoms with Crippen LogP contribution in [0.1, 0.15) is 35.4 Å². The lowest BCUT2D eigenvalue weighted by atomic mass is 10.1. The summed E-state index contributed by atoms with van der Waals surface area (Å²) in [7, 11) is 1.85. The van der Waals surface area contributed by atoms with Gasteiger partial charge in [-0.3, -0.25) is 14.8 Å². The molecule has 0 amide bonds. The molecule has 0 atom stereocenters. The molecule has 0 bridgehead atoms. The zero-order valence-corrected chi connectivity index (χ0v) is 19.3. The summed E-state index contributed by atoms with van der Waals surface area (Å²) in [6, 6.07) is 10.8. The number of aliphatic hydroxyl groups is 1. The molecule has 32 heavy (non-hydrogen) atoms. The highest BCUT2D eigenvalue weighted by atomic mass is 16.5. The number of nitrogens with one attached hydrogen (secondary N) is 1. The number of hydrogen-bond donors (Lipinski definition) is 2. The van der Waals surface area contributed by atoms with Gasteiger partial charge in [0.2, 0.25) is 0 Å². The van der Waals surface area contributed by atoms with E-state index in [2.05, 4.69) is 54.4 Å². The first-order chi connectivity index (χ1) is 15.6. The van der Waals surface area contributed by atoms with Crippen molar-refractivity contribution in [2.24, 2.45) is 4.99 Å².